The number of rotatable bonds is 6. The first kappa shape index (κ1) is 24.2. The van der Waals surface area contributed by atoms with Gasteiger partial charge in [0.25, 0.3) is 0 Å². The zero-order valence-corrected chi connectivity index (χ0v) is 21.0. The first-order valence-corrected chi connectivity index (χ1v) is 13.0. The van der Waals surface area contributed by atoms with Crippen LogP contribution < -0.4 is 0 Å². The van der Waals surface area contributed by atoms with Gasteiger partial charge in [0.05, 0.1) is 5.71 Å². The number of nitrogens with zero attached hydrogens (tertiary/aromatic N) is 2. The van der Waals surface area contributed by atoms with E-state index in [2.05, 4.69) is 51.0 Å². The Balaban J connectivity index is 1.61. The second-order valence-corrected chi connectivity index (χ2v) is 12.2. The molecule has 0 aromatic carbocycles. The fourth-order valence-corrected chi connectivity index (χ4v) is 8.15. The summed E-state index contributed by atoms with van der Waals surface area (Å²) >= 11 is 0. The molecule has 3 fully saturated rings. The summed E-state index contributed by atoms with van der Waals surface area (Å²) < 4.78 is 0. The van der Waals surface area contributed by atoms with Crippen LogP contribution in [0.5, 0.6) is 0 Å². The van der Waals surface area contributed by atoms with Crippen molar-refractivity contribution in [2.75, 3.05) is 0 Å². The molecule has 0 aromatic rings. The Morgan fingerprint density at radius 3 is 2.55 bits per heavy atom. The van der Waals surface area contributed by atoms with E-state index in [9.17, 15) is 15.2 Å². The van der Waals surface area contributed by atoms with E-state index in [1.807, 2.05) is 6.21 Å². The monoisotopic (exact) mass is 454 g/mol. The van der Waals surface area contributed by atoms with Crippen molar-refractivity contribution in [2.24, 2.45) is 62.6 Å². The summed E-state index contributed by atoms with van der Waals surface area (Å²) in [6.45, 7) is 11.6. The SMILES string of the molecule is CC(C)C(C)CC[C@@H](/C=N/O)[C@H]1CC[C@H]2[C@@H]3C/C(=N\O)C4=CC(=O)C=C[C@]4(C)[C@H]3CC[C@]12C. The third kappa shape index (κ3) is 4.00. The van der Waals surface area contributed by atoms with Crippen LogP contribution in [0.25, 0.3) is 0 Å². The van der Waals surface area contributed by atoms with E-state index in [1.54, 1.807) is 12.2 Å². The Hall–Kier alpha value is -1.91. The van der Waals surface area contributed by atoms with E-state index < -0.39 is 0 Å². The van der Waals surface area contributed by atoms with Crippen molar-refractivity contribution in [3.8, 4) is 0 Å². The lowest BCUT2D eigenvalue weighted by atomic mass is 9.47. The molecule has 0 aliphatic heterocycles. The molecule has 0 aromatic heterocycles. The van der Waals surface area contributed by atoms with Gasteiger partial charge in [-0.25, -0.2) is 0 Å². The molecule has 4 aliphatic rings. The molecular formula is C28H42N2O3. The summed E-state index contributed by atoms with van der Waals surface area (Å²) in [6, 6.07) is 0. The minimum atomic E-state index is -0.240. The quantitative estimate of drug-likeness (QED) is 0.273. The van der Waals surface area contributed by atoms with E-state index in [4.69, 9.17) is 0 Å². The summed E-state index contributed by atoms with van der Waals surface area (Å²) in [7, 11) is 0. The average Bonchev–Trinajstić information content (AvgIpc) is 3.13. The van der Waals surface area contributed by atoms with Crippen LogP contribution >= 0.6 is 0 Å². The first-order valence-electron chi connectivity index (χ1n) is 13.0. The molecule has 4 aliphatic carbocycles. The molecule has 5 heteroatoms. The molecule has 3 saturated carbocycles. The Bertz CT molecular complexity index is 888. The molecule has 5 nitrogen and oxygen atoms in total. The third-order valence-corrected chi connectivity index (χ3v) is 10.5. The van der Waals surface area contributed by atoms with Crippen LogP contribution in [0.3, 0.4) is 0 Å². The molecule has 2 N–H and O–H groups in total. The van der Waals surface area contributed by atoms with Crippen LogP contribution in [0, 0.1) is 52.3 Å². The molecule has 4 rings (SSSR count). The maximum absolute atomic E-state index is 12.1. The van der Waals surface area contributed by atoms with Crippen molar-refractivity contribution >= 4 is 17.7 Å². The van der Waals surface area contributed by atoms with Crippen LogP contribution in [-0.4, -0.2) is 28.1 Å². The predicted molar refractivity (Wildman–Crippen MR) is 132 cm³/mol. The number of hydrogen-bond donors (Lipinski definition) is 2. The molecule has 182 valence electrons. The van der Waals surface area contributed by atoms with Crippen molar-refractivity contribution in [3.05, 3.63) is 23.8 Å². The lowest BCUT2D eigenvalue weighted by Crippen LogP contribution is -2.52. The van der Waals surface area contributed by atoms with Gasteiger partial charge in [-0.05, 0) is 104 Å². The van der Waals surface area contributed by atoms with Gasteiger partial charge in [0.15, 0.2) is 5.78 Å². The van der Waals surface area contributed by atoms with Gasteiger partial charge in [0, 0.05) is 17.5 Å². The fraction of sp³-hybridized carbons (Fsp3) is 0.750. The van der Waals surface area contributed by atoms with Crippen molar-refractivity contribution in [2.45, 2.75) is 79.6 Å². The standard InChI is InChI=1S/C28H42N2O3/c1-17(2)18(3)6-7-19(16-29-32)22-8-9-23-21-15-26(30-33)25-14-20(31)10-12-28(25,5)24(21)11-13-27(22,23)4/h10,12,14,16-19,21-24,32-33H,6-9,11,13,15H2,1-5H3/b29-16+,30-26+/t18?,19-,21-,22+,23-,24-,27+,28+/m0/s1. The molecular weight excluding hydrogens is 412 g/mol. The minimum absolute atomic E-state index is 0.00888. The van der Waals surface area contributed by atoms with Crippen molar-refractivity contribution in [1.82, 2.24) is 0 Å². The number of carbonyl (C=O) groups excluding carboxylic acids is 1. The Morgan fingerprint density at radius 1 is 1.12 bits per heavy atom. The van der Waals surface area contributed by atoms with Crippen LogP contribution in [0.2, 0.25) is 0 Å². The van der Waals surface area contributed by atoms with E-state index >= 15 is 0 Å². The molecule has 8 atom stereocenters. The second-order valence-electron chi connectivity index (χ2n) is 12.2. The van der Waals surface area contributed by atoms with Crippen LogP contribution in [0.15, 0.2) is 34.1 Å². The van der Waals surface area contributed by atoms with E-state index in [-0.39, 0.29) is 16.6 Å². The zero-order chi connectivity index (χ0) is 24.0. The van der Waals surface area contributed by atoms with Gasteiger partial charge in [0.2, 0.25) is 0 Å². The highest BCUT2D eigenvalue weighted by Crippen LogP contribution is 2.66. The van der Waals surface area contributed by atoms with Gasteiger partial charge in [-0.1, -0.05) is 45.9 Å². The van der Waals surface area contributed by atoms with Gasteiger partial charge in [-0.2, -0.15) is 0 Å². The second kappa shape index (κ2) is 9.03. The lowest BCUT2D eigenvalue weighted by molar-refractivity contribution is -0.110. The van der Waals surface area contributed by atoms with Crippen LogP contribution in [-0.2, 0) is 4.79 Å². The van der Waals surface area contributed by atoms with Crippen molar-refractivity contribution in [1.29, 1.82) is 0 Å². The predicted octanol–water partition coefficient (Wildman–Crippen LogP) is 6.50. The Labute approximate surface area is 199 Å². The number of fused-ring (bicyclic) bond motifs is 5. The van der Waals surface area contributed by atoms with Crippen LogP contribution in [0.4, 0.5) is 0 Å². The molecule has 0 bridgehead atoms. The molecule has 0 spiro atoms. The molecule has 1 unspecified atom stereocenters. The van der Waals surface area contributed by atoms with Gasteiger partial charge in [0.1, 0.15) is 0 Å². The number of hydrogen-bond acceptors (Lipinski definition) is 5. The average molecular weight is 455 g/mol. The van der Waals surface area contributed by atoms with Gasteiger partial charge in [-0.15, -0.1) is 5.16 Å². The number of ketones is 1. The molecule has 0 heterocycles. The number of oxime groups is 2. The van der Waals surface area contributed by atoms with E-state index in [1.165, 1.54) is 6.42 Å². The van der Waals surface area contributed by atoms with Crippen molar-refractivity contribution < 1.29 is 15.2 Å². The highest BCUT2D eigenvalue weighted by atomic mass is 16.4. The normalized spacial score (nSPS) is 41.1. The minimum Gasteiger partial charge on any atom is -0.411 e. The largest absolute Gasteiger partial charge is 0.411 e. The van der Waals surface area contributed by atoms with E-state index in [0.717, 1.165) is 44.1 Å². The van der Waals surface area contributed by atoms with Gasteiger partial charge >= 0.3 is 0 Å². The molecule has 0 amide bonds. The summed E-state index contributed by atoms with van der Waals surface area (Å²) in [4.78, 5) is 12.1. The lowest BCUT2D eigenvalue weighted by Gasteiger charge is -2.57. The fourth-order valence-electron chi connectivity index (χ4n) is 8.15. The highest BCUT2D eigenvalue weighted by molar-refractivity contribution is 6.12. The van der Waals surface area contributed by atoms with Gasteiger partial charge in [-0.3, -0.25) is 4.79 Å². The highest BCUT2D eigenvalue weighted by Gasteiger charge is 2.60. The Morgan fingerprint density at radius 2 is 1.88 bits per heavy atom. The Kier molecular flexibility index (Phi) is 6.63. The first-order chi connectivity index (χ1) is 15.7. The summed E-state index contributed by atoms with van der Waals surface area (Å²) in [5.74, 6) is 3.59. The molecule has 0 radical (unpaired) electrons. The maximum atomic E-state index is 12.1. The summed E-state index contributed by atoms with van der Waals surface area (Å²) in [5.41, 5.74) is 1.57. The summed E-state index contributed by atoms with van der Waals surface area (Å²) in [6.07, 6.45) is 14.9. The molecule has 0 saturated heterocycles. The summed E-state index contributed by atoms with van der Waals surface area (Å²) in [5, 5.41) is 26.6. The zero-order valence-electron chi connectivity index (χ0n) is 21.0. The molecule has 33 heavy (non-hydrogen) atoms. The van der Waals surface area contributed by atoms with Crippen LogP contribution in [0.1, 0.15) is 79.6 Å². The van der Waals surface area contributed by atoms with E-state index in [0.29, 0.717) is 47.1 Å². The van der Waals surface area contributed by atoms with Crippen molar-refractivity contribution in [3.63, 3.8) is 0 Å². The topological polar surface area (TPSA) is 82.2 Å². The maximum Gasteiger partial charge on any atom is 0.178 e. The number of carbonyl (C=O) groups is 1. The van der Waals surface area contributed by atoms with Gasteiger partial charge < -0.3 is 10.4 Å². The smallest absolute Gasteiger partial charge is 0.178 e. The third-order valence-electron chi connectivity index (χ3n) is 10.5. The number of allylic oxidation sites excluding steroid dienone is 4.